The summed E-state index contributed by atoms with van der Waals surface area (Å²) in [6, 6.07) is 13.7. The average Bonchev–Trinajstić information content (AvgIpc) is 2.75. The van der Waals surface area contributed by atoms with Crippen LogP contribution in [-0.4, -0.2) is 22.5 Å². The smallest absolute Gasteiger partial charge is 0.348 e. The van der Waals surface area contributed by atoms with Crippen LogP contribution in [0.25, 0.3) is 26.8 Å². The molecule has 0 amide bonds. The predicted octanol–water partition coefficient (Wildman–Crippen LogP) is 3.15. The Morgan fingerprint density at radius 3 is 2.25 bits per heavy atom. The van der Waals surface area contributed by atoms with Crippen molar-refractivity contribution in [3.05, 3.63) is 47.4 Å². The second kappa shape index (κ2) is 5.26. The van der Waals surface area contributed by atoms with Crippen LogP contribution in [0.1, 0.15) is 0 Å². The highest BCUT2D eigenvalue weighted by atomic mass is 32.3. The van der Waals surface area contributed by atoms with Gasteiger partial charge in [-0.05, 0) is 6.07 Å². The zero-order chi connectivity index (χ0) is 14.8. The van der Waals surface area contributed by atoms with E-state index < -0.39 is 10.4 Å². The molecule has 3 rings (SSSR count). The molecule has 20 heavy (non-hydrogen) atoms. The van der Waals surface area contributed by atoms with Crippen molar-refractivity contribution < 1.29 is 17.5 Å². The predicted molar refractivity (Wildman–Crippen MR) is 74.7 cm³/mol. The van der Waals surface area contributed by atoms with Crippen molar-refractivity contribution in [3.8, 4) is 0 Å². The Bertz CT molecular complexity index is 901. The third kappa shape index (κ3) is 3.10. The molecular formula is C12H10N3O4S+. The number of aromatic nitrogens is 1. The summed E-state index contributed by atoms with van der Waals surface area (Å²) in [6.45, 7) is 0. The van der Waals surface area contributed by atoms with Crippen molar-refractivity contribution >= 4 is 37.9 Å². The molecular weight excluding hydrogens is 282 g/mol. The van der Waals surface area contributed by atoms with E-state index in [0.717, 1.165) is 21.8 Å². The Morgan fingerprint density at radius 1 is 1.00 bits per heavy atom. The second-order valence-corrected chi connectivity index (χ2v) is 4.81. The number of fused-ring (bicyclic) bond motifs is 3. The van der Waals surface area contributed by atoms with Crippen LogP contribution in [-0.2, 0) is 10.4 Å². The van der Waals surface area contributed by atoms with Crippen LogP contribution in [0.2, 0.25) is 0 Å². The fourth-order valence-corrected chi connectivity index (χ4v) is 1.94. The molecule has 0 saturated heterocycles. The largest absolute Gasteiger partial charge is 0.408 e. The van der Waals surface area contributed by atoms with Gasteiger partial charge in [0.25, 0.3) is 0 Å². The van der Waals surface area contributed by atoms with Gasteiger partial charge in [0.05, 0.1) is 0 Å². The van der Waals surface area contributed by atoms with Crippen molar-refractivity contribution in [1.82, 2.24) is 4.98 Å². The normalized spacial score (nSPS) is 10.8. The summed E-state index contributed by atoms with van der Waals surface area (Å²) in [4.78, 5) is 6.51. The lowest BCUT2D eigenvalue weighted by molar-refractivity contribution is 0.381. The molecule has 1 heterocycles. The maximum Gasteiger partial charge on any atom is 0.408 e. The van der Waals surface area contributed by atoms with Crippen LogP contribution in [0.3, 0.4) is 0 Å². The SMILES string of the molecule is N#[N+]c1cccc2c1[nH]c1ccccc12.O=S(=O)(O)O. The van der Waals surface area contributed by atoms with Crippen LogP contribution in [0.5, 0.6) is 0 Å². The van der Waals surface area contributed by atoms with Crippen molar-refractivity contribution in [2.24, 2.45) is 0 Å². The summed E-state index contributed by atoms with van der Waals surface area (Å²) in [5.74, 6) is 0. The molecule has 0 fully saturated rings. The highest BCUT2D eigenvalue weighted by Crippen LogP contribution is 2.31. The molecule has 0 aliphatic rings. The first-order chi connectivity index (χ1) is 9.40. The minimum atomic E-state index is -4.67. The standard InChI is InChI=1S/C12H8N3.H2O4S/c13-15-11-7-3-5-9-8-4-1-2-6-10(8)14-12(9)11;1-5(2,3)4/h1-7,14H;(H2,1,2,3,4)/q+1;. The molecule has 3 N–H and O–H groups in total. The first-order valence-corrected chi connectivity index (χ1v) is 6.84. The van der Waals surface area contributed by atoms with Crippen LogP contribution in [0.4, 0.5) is 5.69 Å². The molecule has 0 bridgehead atoms. The first kappa shape index (κ1) is 14.0. The summed E-state index contributed by atoms with van der Waals surface area (Å²) < 4.78 is 31.6. The quantitative estimate of drug-likeness (QED) is 0.434. The van der Waals surface area contributed by atoms with Gasteiger partial charge < -0.3 is 4.98 Å². The molecule has 0 atom stereocenters. The van der Waals surface area contributed by atoms with Crippen LogP contribution in [0, 0.1) is 5.39 Å². The highest BCUT2D eigenvalue weighted by molar-refractivity contribution is 7.79. The fraction of sp³-hybridized carbons (Fsp3) is 0. The van der Waals surface area contributed by atoms with E-state index in [4.69, 9.17) is 22.9 Å². The molecule has 102 valence electrons. The number of hydrogen-bond donors (Lipinski definition) is 3. The molecule has 2 aromatic carbocycles. The molecule has 0 aliphatic carbocycles. The molecule has 1 aromatic heterocycles. The molecule has 0 radical (unpaired) electrons. The van der Waals surface area contributed by atoms with Gasteiger partial charge in [-0.25, -0.2) is 0 Å². The van der Waals surface area contributed by atoms with E-state index in [0.29, 0.717) is 5.69 Å². The van der Waals surface area contributed by atoms with E-state index in [-0.39, 0.29) is 0 Å². The van der Waals surface area contributed by atoms with Gasteiger partial charge in [-0.15, -0.1) is 0 Å². The first-order valence-electron chi connectivity index (χ1n) is 5.44. The number of benzene rings is 2. The topological polar surface area (TPSA) is 119 Å². The third-order valence-corrected chi connectivity index (χ3v) is 2.63. The minimum absolute atomic E-state index is 0.573. The lowest BCUT2D eigenvalue weighted by atomic mass is 10.1. The summed E-state index contributed by atoms with van der Waals surface area (Å²) in [7, 11) is -4.67. The monoisotopic (exact) mass is 292 g/mol. The number of nitrogens with one attached hydrogen (secondary N) is 1. The molecule has 0 aliphatic heterocycles. The van der Waals surface area contributed by atoms with Gasteiger partial charge >= 0.3 is 16.1 Å². The number of para-hydroxylation sites is 2. The molecule has 8 heteroatoms. The summed E-state index contributed by atoms with van der Waals surface area (Å²) in [5, 5.41) is 11.1. The molecule has 0 saturated carbocycles. The molecule has 7 nitrogen and oxygen atoms in total. The zero-order valence-corrected chi connectivity index (χ0v) is 10.9. The van der Waals surface area contributed by atoms with Crippen molar-refractivity contribution in [2.45, 2.75) is 0 Å². The van der Waals surface area contributed by atoms with Crippen molar-refractivity contribution in [3.63, 3.8) is 0 Å². The van der Waals surface area contributed by atoms with Crippen LogP contribution < -0.4 is 0 Å². The third-order valence-electron chi connectivity index (χ3n) is 2.63. The number of H-pyrrole nitrogens is 1. The van der Waals surface area contributed by atoms with Crippen LogP contribution in [0.15, 0.2) is 42.5 Å². The number of rotatable bonds is 0. The van der Waals surface area contributed by atoms with Gasteiger partial charge in [-0.3, -0.25) is 9.11 Å². The minimum Gasteiger partial charge on any atom is -0.348 e. The average molecular weight is 292 g/mol. The van der Waals surface area contributed by atoms with Gasteiger partial charge in [-0.1, -0.05) is 30.3 Å². The van der Waals surface area contributed by atoms with Crippen molar-refractivity contribution in [1.29, 1.82) is 5.39 Å². The number of aromatic amines is 1. The second-order valence-electron chi connectivity index (χ2n) is 3.92. The Labute approximate surface area is 114 Å². The van der Waals surface area contributed by atoms with Gasteiger partial charge in [-0.2, -0.15) is 8.42 Å². The van der Waals surface area contributed by atoms with E-state index in [9.17, 15) is 0 Å². The lowest BCUT2D eigenvalue weighted by Crippen LogP contribution is -1.89. The van der Waals surface area contributed by atoms with Gasteiger partial charge in [0.1, 0.15) is 5.52 Å². The van der Waals surface area contributed by atoms with Gasteiger partial charge in [0.15, 0.2) is 4.98 Å². The summed E-state index contributed by atoms with van der Waals surface area (Å²) in [6.07, 6.45) is 0. The maximum atomic E-state index is 8.87. The highest BCUT2D eigenvalue weighted by Gasteiger charge is 2.14. The van der Waals surface area contributed by atoms with Crippen LogP contribution >= 0.6 is 0 Å². The molecule has 0 unspecified atom stereocenters. The Morgan fingerprint density at radius 2 is 1.60 bits per heavy atom. The summed E-state index contributed by atoms with van der Waals surface area (Å²) in [5.41, 5.74) is 2.51. The molecule has 0 spiro atoms. The summed E-state index contributed by atoms with van der Waals surface area (Å²) >= 11 is 0. The van der Waals surface area contributed by atoms with E-state index in [2.05, 4.69) is 16.0 Å². The van der Waals surface area contributed by atoms with Gasteiger partial charge in [0, 0.05) is 22.4 Å². The number of nitrogens with zero attached hydrogens (tertiary/aromatic N) is 2. The number of diazo groups is 1. The van der Waals surface area contributed by atoms with E-state index in [1.165, 1.54) is 0 Å². The van der Waals surface area contributed by atoms with E-state index >= 15 is 0 Å². The Hall–Kier alpha value is -2.47. The van der Waals surface area contributed by atoms with Crippen molar-refractivity contribution in [2.75, 3.05) is 0 Å². The van der Waals surface area contributed by atoms with Gasteiger partial charge in [0.2, 0.25) is 5.39 Å². The Kier molecular flexibility index (Phi) is 3.67. The van der Waals surface area contributed by atoms with E-state index in [1.807, 2.05) is 30.3 Å². The molecule has 3 aromatic rings. The zero-order valence-electron chi connectivity index (χ0n) is 10.1. The Balaban J connectivity index is 0.000000257. The fourth-order valence-electron chi connectivity index (χ4n) is 1.94. The number of hydrogen-bond acceptors (Lipinski definition) is 3. The lowest BCUT2D eigenvalue weighted by Gasteiger charge is -1.86. The van der Waals surface area contributed by atoms with E-state index in [1.54, 1.807) is 6.07 Å². The maximum absolute atomic E-state index is 8.87.